The summed E-state index contributed by atoms with van der Waals surface area (Å²) in [7, 11) is 0. The number of thiophene rings is 1. The Hall–Kier alpha value is -0.380. The maximum Gasteiger partial charge on any atom is 0.151 e. The molecule has 1 rings (SSSR count). The zero-order valence-electron chi connectivity index (χ0n) is 15.1. The zero-order chi connectivity index (χ0) is 16.8. The van der Waals surface area contributed by atoms with Gasteiger partial charge < -0.3 is 5.11 Å². The monoisotopic (exact) mass is 325 g/mol. The Labute approximate surface area is 141 Å². The summed E-state index contributed by atoms with van der Waals surface area (Å²) in [4.78, 5) is 0.953. The normalized spacial score (nSPS) is 16.0. The van der Waals surface area contributed by atoms with E-state index >= 15 is 0 Å². The Morgan fingerprint density at radius 2 is 1.73 bits per heavy atom. The molecule has 1 aromatic rings. The first-order chi connectivity index (χ1) is 10.3. The lowest BCUT2D eigenvalue weighted by Crippen LogP contribution is -2.42. The largest absolute Gasteiger partial charge is 0.371 e. The predicted octanol–water partition coefficient (Wildman–Crippen LogP) is 5.67. The molecule has 0 amide bonds. The van der Waals surface area contributed by atoms with Crippen molar-refractivity contribution in [1.82, 2.24) is 0 Å². The van der Waals surface area contributed by atoms with Crippen LogP contribution >= 0.6 is 11.3 Å². The number of hydrogen-bond acceptors (Lipinski definition) is 3. The minimum Gasteiger partial charge on any atom is -0.371 e. The van der Waals surface area contributed by atoms with Crippen LogP contribution in [0.4, 0.5) is 0 Å². The first-order valence-electron chi connectivity index (χ1n) is 8.92. The molecule has 3 heteroatoms. The van der Waals surface area contributed by atoms with Gasteiger partial charge in [-0.1, -0.05) is 66.2 Å². The van der Waals surface area contributed by atoms with Gasteiger partial charge in [0.2, 0.25) is 0 Å². The number of aliphatic hydroxyl groups is 1. The Kier molecular flexibility index (Phi) is 8.09. The van der Waals surface area contributed by atoms with Gasteiger partial charge in [-0.05, 0) is 35.8 Å². The van der Waals surface area contributed by atoms with Crippen molar-refractivity contribution in [2.75, 3.05) is 0 Å². The fourth-order valence-electron chi connectivity index (χ4n) is 3.07. The molecule has 2 nitrogen and oxygen atoms in total. The number of nitrogens with two attached hydrogens (primary N) is 1. The van der Waals surface area contributed by atoms with Gasteiger partial charge >= 0.3 is 0 Å². The van der Waals surface area contributed by atoms with E-state index in [1.165, 1.54) is 43.2 Å². The van der Waals surface area contributed by atoms with Crippen LogP contribution in [0, 0.1) is 12.8 Å². The van der Waals surface area contributed by atoms with Crippen molar-refractivity contribution in [3.05, 3.63) is 21.4 Å². The first-order valence-corrected chi connectivity index (χ1v) is 9.80. The fraction of sp³-hybridized carbons (Fsp3) is 0.789. The second-order valence-electron chi connectivity index (χ2n) is 7.08. The molecule has 0 aromatic carbocycles. The highest BCUT2D eigenvalue weighted by atomic mass is 32.1. The summed E-state index contributed by atoms with van der Waals surface area (Å²) in [5.41, 5.74) is 7.63. The topological polar surface area (TPSA) is 46.2 Å². The average molecular weight is 326 g/mol. The van der Waals surface area contributed by atoms with Gasteiger partial charge in [0.25, 0.3) is 0 Å². The molecule has 128 valence electrons. The van der Waals surface area contributed by atoms with Crippen LogP contribution in [0.15, 0.2) is 5.38 Å². The minimum atomic E-state index is -1.19. The molecule has 1 aromatic heterocycles. The van der Waals surface area contributed by atoms with Gasteiger partial charge in [0, 0.05) is 5.92 Å². The summed E-state index contributed by atoms with van der Waals surface area (Å²) < 4.78 is 0. The van der Waals surface area contributed by atoms with Gasteiger partial charge in [-0.2, -0.15) is 0 Å². The summed E-state index contributed by atoms with van der Waals surface area (Å²) in [6, 6.07) is 0. The average Bonchev–Trinajstić information content (AvgIpc) is 2.84. The molecule has 0 aliphatic carbocycles. The summed E-state index contributed by atoms with van der Waals surface area (Å²) >= 11 is 1.62. The Bertz CT molecular complexity index is 437. The quantitative estimate of drug-likeness (QED) is 0.430. The third kappa shape index (κ3) is 5.07. The van der Waals surface area contributed by atoms with E-state index < -0.39 is 5.72 Å². The van der Waals surface area contributed by atoms with Crippen LogP contribution in [0.25, 0.3) is 0 Å². The van der Waals surface area contributed by atoms with Crippen LogP contribution < -0.4 is 5.73 Å². The highest BCUT2D eigenvalue weighted by molar-refractivity contribution is 7.10. The molecule has 0 fully saturated rings. The van der Waals surface area contributed by atoms with Crippen LogP contribution in [0.5, 0.6) is 0 Å². The molecule has 0 aliphatic heterocycles. The lowest BCUT2D eigenvalue weighted by Gasteiger charge is -2.30. The zero-order valence-corrected chi connectivity index (χ0v) is 15.9. The molecule has 3 N–H and O–H groups in total. The van der Waals surface area contributed by atoms with Crippen molar-refractivity contribution in [2.24, 2.45) is 11.7 Å². The van der Waals surface area contributed by atoms with E-state index in [0.29, 0.717) is 5.92 Å². The number of rotatable bonds is 10. The standard InChI is InChI=1S/C19H35NOS/c1-6-7-8-9-10-11-12-15(4)19(20,21)18-16(5)17(13-22-18)14(2)3/h13-15,21H,6-12,20H2,1-5H3. The van der Waals surface area contributed by atoms with Crippen LogP contribution in [0.1, 0.15) is 94.6 Å². The lowest BCUT2D eigenvalue weighted by molar-refractivity contribution is -0.0126. The van der Waals surface area contributed by atoms with Gasteiger partial charge in [0.1, 0.15) is 0 Å². The van der Waals surface area contributed by atoms with Gasteiger partial charge in [-0.25, -0.2) is 0 Å². The lowest BCUT2D eigenvalue weighted by atomic mass is 9.88. The fourth-order valence-corrected chi connectivity index (χ4v) is 4.45. The summed E-state index contributed by atoms with van der Waals surface area (Å²) in [6.07, 6.45) is 8.66. The molecule has 2 unspecified atom stereocenters. The minimum absolute atomic E-state index is 0.0936. The molecule has 1 heterocycles. The van der Waals surface area contributed by atoms with Crippen molar-refractivity contribution in [1.29, 1.82) is 0 Å². The molecule has 2 atom stereocenters. The second kappa shape index (κ2) is 9.05. The third-order valence-electron chi connectivity index (χ3n) is 4.81. The number of hydrogen-bond donors (Lipinski definition) is 2. The predicted molar refractivity (Wildman–Crippen MR) is 98.4 cm³/mol. The van der Waals surface area contributed by atoms with E-state index in [-0.39, 0.29) is 5.92 Å². The van der Waals surface area contributed by atoms with Crippen molar-refractivity contribution >= 4 is 11.3 Å². The van der Waals surface area contributed by atoms with E-state index in [2.05, 4.69) is 40.0 Å². The first kappa shape index (κ1) is 19.7. The van der Waals surface area contributed by atoms with E-state index in [4.69, 9.17) is 5.73 Å². The van der Waals surface area contributed by atoms with E-state index in [9.17, 15) is 5.11 Å². The molecule has 0 aliphatic rings. The maximum atomic E-state index is 10.9. The van der Waals surface area contributed by atoms with Gasteiger partial charge in [0.15, 0.2) is 5.72 Å². The van der Waals surface area contributed by atoms with Gasteiger partial charge in [-0.15, -0.1) is 11.3 Å². The molecular weight excluding hydrogens is 290 g/mol. The van der Waals surface area contributed by atoms with Crippen molar-refractivity contribution < 1.29 is 5.11 Å². The number of unbranched alkanes of at least 4 members (excludes halogenated alkanes) is 5. The summed E-state index contributed by atoms with van der Waals surface area (Å²) in [5, 5.41) is 13.0. The van der Waals surface area contributed by atoms with Crippen LogP contribution in [-0.2, 0) is 5.72 Å². The second-order valence-corrected chi connectivity index (χ2v) is 7.96. The molecule has 22 heavy (non-hydrogen) atoms. The van der Waals surface area contributed by atoms with Crippen LogP contribution in [0.3, 0.4) is 0 Å². The third-order valence-corrected chi connectivity index (χ3v) is 6.05. The Morgan fingerprint density at radius 1 is 1.14 bits per heavy atom. The van der Waals surface area contributed by atoms with E-state index in [1.807, 2.05) is 0 Å². The molecule has 0 saturated heterocycles. The summed E-state index contributed by atoms with van der Waals surface area (Å²) in [6.45, 7) is 10.8. The Morgan fingerprint density at radius 3 is 2.27 bits per heavy atom. The van der Waals surface area contributed by atoms with Crippen LogP contribution in [0.2, 0.25) is 0 Å². The molecule has 0 bridgehead atoms. The van der Waals surface area contributed by atoms with Gasteiger partial charge in [-0.3, -0.25) is 5.73 Å². The molecular formula is C19H35NOS. The SMILES string of the molecule is CCCCCCCCC(C)C(N)(O)c1scc(C(C)C)c1C. The molecule has 0 saturated carbocycles. The van der Waals surface area contributed by atoms with Crippen molar-refractivity contribution in [3.63, 3.8) is 0 Å². The summed E-state index contributed by atoms with van der Waals surface area (Å²) in [5.74, 6) is 0.575. The molecule has 0 spiro atoms. The maximum absolute atomic E-state index is 10.9. The van der Waals surface area contributed by atoms with E-state index in [0.717, 1.165) is 17.7 Å². The molecule has 0 radical (unpaired) electrons. The van der Waals surface area contributed by atoms with Crippen LogP contribution in [-0.4, -0.2) is 5.11 Å². The highest BCUT2D eigenvalue weighted by Gasteiger charge is 2.34. The smallest absolute Gasteiger partial charge is 0.151 e. The Balaban J connectivity index is 2.57. The highest BCUT2D eigenvalue weighted by Crippen LogP contribution is 2.37. The van der Waals surface area contributed by atoms with Crippen molar-refractivity contribution in [3.8, 4) is 0 Å². The van der Waals surface area contributed by atoms with E-state index in [1.54, 1.807) is 11.3 Å². The van der Waals surface area contributed by atoms with Gasteiger partial charge in [0.05, 0.1) is 4.88 Å². The van der Waals surface area contributed by atoms with Crippen molar-refractivity contribution in [2.45, 2.75) is 91.2 Å².